The van der Waals surface area contributed by atoms with Crippen molar-refractivity contribution < 1.29 is 9.47 Å². The van der Waals surface area contributed by atoms with Crippen molar-refractivity contribution in [3.8, 4) is 0 Å². The number of hydrogen-bond donors (Lipinski definition) is 1. The zero-order valence-corrected chi connectivity index (χ0v) is 6.95. The van der Waals surface area contributed by atoms with E-state index < -0.39 is 0 Å². The van der Waals surface area contributed by atoms with E-state index in [-0.39, 0.29) is 0 Å². The fraction of sp³-hybridized carbons (Fsp3) is 0.833. The van der Waals surface area contributed by atoms with Crippen LogP contribution in [-0.2, 0) is 9.47 Å². The highest BCUT2D eigenvalue weighted by Gasteiger charge is 1.89. The van der Waals surface area contributed by atoms with Gasteiger partial charge in [-0.3, -0.25) is 0 Å². The van der Waals surface area contributed by atoms with E-state index in [1.807, 2.05) is 0 Å². The molecular formula is C6H13NO2S. The van der Waals surface area contributed by atoms with E-state index in [0.29, 0.717) is 18.2 Å². The second kappa shape index (κ2) is 6.92. The molecule has 60 valence electrons. The van der Waals surface area contributed by atoms with Crippen LogP contribution in [-0.4, -0.2) is 31.9 Å². The van der Waals surface area contributed by atoms with Crippen LogP contribution < -0.4 is 5.73 Å². The predicted molar refractivity (Wildman–Crippen MR) is 44.1 cm³/mol. The van der Waals surface area contributed by atoms with Gasteiger partial charge in [-0.1, -0.05) is 12.2 Å². The quantitative estimate of drug-likeness (QED) is 0.452. The molecule has 0 atom stereocenters. The van der Waals surface area contributed by atoms with E-state index in [1.165, 1.54) is 0 Å². The Morgan fingerprint density at radius 2 is 2.20 bits per heavy atom. The third kappa shape index (κ3) is 7.81. The maximum absolute atomic E-state index is 5.18. The summed E-state index contributed by atoms with van der Waals surface area (Å²) in [5.41, 5.74) is 5.18. The lowest BCUT2D eigenvalue weighted by Gasteiger charge is -2.00. The summed E-state index contributed by atoms with van der Waals surface area (Å²) in [6.07, 6.45) is 0.888. The summed E-state index contributed by atoms with van der Waals surface area (Å²) in [5.74, 6) is 0. The minimum Gasteiger partial charge on any atom is -0.391 e. The molecule has 0 aromatic carbocycles. The van der Waals surface area contributed by atoms with E-state index in [2.05, 4.69) is 12.2 Å². The largest absolute Gasteiger partial charge is 0.391 e. The fourth-order valence-electron chi connectivity index (χ4n) is 0.478. The van der Waals surface area contributed by atoms with Gasteiger partial charge in [-0.2, -0.15) is 0 Å². The van der Waals surface area contributed by atoms with Gasteiger partial charge in [0, 0.05) is 20.3 Å². The van der Waals surface area contributed by atoms with Gasteiger partial charge in [0.15, 0.2) is 0 Å². The average molecular weight is 163 g/mol. The molecule has 0 radical (unpaired) electrons. The number of ether oxygens (including phenoxy) is 2. The molecule has 0 amide bonds. The first-order chi connectivity index (χ1) is 4.77. The van der Waals surface area contributed by atoms with Crippen LogP contribution in [0.2, 0.25) is 0 Å². The number of rotatable bonds is 6. The Bertz CT molecular complexity index is 97.7. The van der Waals surface area contributed by atoms with Gasteiger partial charge in [-0.05, 0) is 6.42 Å². The van der Waals surface area contributed by atoms with Gasteiger partial charge < -0.3 is 15.2 Å². The zero-order chi connectivity index (χ0) is 7.82. The van der Waals surface area contributed by atoms with Crippen molar-refractivity contribution in [2.45, 2.75) is 6.42 Å². The Balaban J connectivity index is 2.84. The molecule has 0 aliphatic rings. The molecule has 0 rings (SSSR count). The molecule has 0 aromatic rings. The minimum absolute atomic E-state index is 0.374. The standard InChI is InChI=1S/C6H13NO2S/c1-8-3-2-4-9-5-6(7)10/h2-5H2,1H3,(H2,7,10). The van der Waals surface area contributed by atoms with Crippen molar-refractivity contribution in [3.05, 3.63) is 0 Å². The summed E-state index contributed by atoms with van der Waals surface area (Å²) in [6, 6.07) is 0. The van der Waals surface area contributed by atoms with E-state index in [1.54, 1.807) is 7.11 Å². The molecule has 0 unspecified atom stereocenters. The molecule has 0 aliphatic carbocycles. The highest BCUT2D eigenvalue weighted by atomic mass is 32.1. The second-order valence-corrected chi connectivity index (χ2v) is 2.39. The highest BCUT2D eigenvalue weighted by molar-refractivity contribution is 7.80. The summed E-state index contributed by atoms with van der Waals surface area (Å²) in [7, 11) is 1.66. The first kappa shape index (κ1) is 9.81. The first-order valence-electron chi connectivity index (χ1n) is 3.12. The van der Waals surface area contributed by atoms with Crippen molar-refractivity contribution in [1.82, 2.24) is 0 Å². The van der Waals surface area contributed by atoms with Gasteiger partial charge in [-0.25, -0.2) is 0 Å². The topological polar surface area (TPSA) is 44.5 Å². The highest BCUT2D eigenvalue weighted by Crippen LogP contribution is 1.82. The molecule has 0 heterocycles. The Morgan fingerprint density at radius 1 is 1.50 bits per heavy atom. The number of hydrogen-bond acceptors (Lipinski definition) is 3. The van der Waals surface area contributed by atoms with Crippen LogP contribution in [0, 0.1) is 0 Å². The van der Waals surface area contributed by atoms with Crippen LogP contribution in [0.1, 0.15) is 6.42 Å². The molecule has 0 spiro atoms. The molecule has 0 aromatic heterocycles. The van der Waals surface area contributed by atoms with Crippen LogP contribution in [0.15, 0.2) is 0 Å². The van der Waals surface area contributed by atoms with E-state index in [0.717, 1.165) is 13.0 Å². The maximum atomic E-state index is 5.18. The van der Waals surface area contributed by atoms with E-state index in [4.69, 9.17) is 15.2 Å². The molecule has 0 fully saturated rings. The third-order valence-electron chi connectivity index (χ3n) is 0.881. The van der Waals surface area contributed by atoms with Gasteiger partial charge in [0.2, 0.25) is 0 Å². The molecular weight excluding hydrogens is 150 g/mol. The average Bonchev–Trinajstić information content (AvgIpc) is 1.87. The molecule has 0 bridgehead atoms. The predicted octanol–water partition coefficient (Wildman–Crippen LogP) is 0.326. The number of methoxy groups -OCH3 is 1. The molecule has 4 heteroatoms. The van der Waals surface area contributed by atoms with E-state index in [9.17, 15) is 0 Å². The summed E-state index contributed by atoms with van der Waals surface area (Å²) in [4.78, 5) is 0.400. The molecule has 0 saturated heterocycles. The summed E-state index contributed by atoms with van der Waals surface area (Å²) < 4.78 is 9.86. The van der Waals surface area contributed by atoms with Gasteiger partial charge >= 0.3 is 0 Å². The van der Waals surface area contributed by atoms with E-state index >= 15 is 0 Å². The smallest absolute Gasteiger partial charge is 0.0989 e. The number of nitrogens with two attached hydrogens (primary N) is 1. The fourth-order valence-corrected chi connectivity index (χ4v) is 0.561. The summed E-state index contributed by atoms with van der Waals surface area (Å²) in [6.45, 7) is 1.75. The molecule has 0 aliphatic heterocycles. The molecule has 3 nitrogen and oxygen atoms in total. The van der Waals surface area contributed by atoms with Crippen molar-refractivity contribution in [2.24, 2.45) is 5.73 Å². The lowest BCUT2D eigenvalue weighted by atomic mass is 10.5. The Labute approximate surface area is 66.5 Å². The van der Waals surface area contributed by atoms with Crippen LogP contribution in [0.4, 0.5) is 0 Å². The van der Waals surface area contributed by atoms with Crippen LogP contribution in [0.3, 0.4) is 0 Å². The SMILES string of the molecule is COCCCOCC(N)=S. The van der Waals surface area contributed by atoms with Crippen molar-refractivity contribution in [2.75, 3.05) is 26.9 Å². The lowest BCUT2D eigenvalue weighted by Crippen LogP contribution is -2.16. The van der Waals surface area contributed by atoms with Gasteiger partial charge in [0.1, 0.15) is 0 Å². The van der Waals surface area contributed by atoms with Crippen molar-refractivity contribution in [1.29, 1.82) is 0 Å². The Hall–Kier alpha value is -0.190. The number of thiocarbonyl (C=S) groups is 1. The Kier molecular flexibility index (Phi) is 6.79. The van der Waals surface area contributed by atoms with Crippen LogP contribution >= 0.6 is 12.2 Å². The monoisotopic (exact) mass is 163 g/mol. The normalized spacial score (nSPS) is 9.70. The maximum Gasteiger partial charge on any atom is 0.0989 e. The van der Waals surface area contributed by atoms with Gasteiger partial charge in [-0.15, -0.1) is 0 Å². The first-order valence-corrected chi connectivity index (χ1v) is 3.53. The lowest BCUT2D eigenvalue weighted by molar-refractivity contribution is 0.126. The van der Waals surface area contributed by atoms with Crippen LogP contribution in [0.25, 0.3) is 0 Å². The van der Waals surface area contributed by atoms with Crippen LogP contribution in [0.5, 0.6) is 0 Å². The Morgan fingerprint density at radius 3 is 2.70 bits per heavy atom. The third-order valence-corrected chi connectivity index (χ3v) is 0.999. The molecule has 0 saturated carbocycles. The summed E-state index contributed by atoms with van der Waals surface area (Å²) >= 11 is 4.60. The van der Waals surface area contributed by atoms with Gasteiger partial charge in [0.25, 0.3) is 0 Å². The van der Waals surface area contributed by atoms with Crippen molar-refractivity contribution in [3.63, 3.8) is 0 Å². The van der Waals surface area contributed by atoms with Gasteiger partial charge in [0.05, 0.1) is 11.6 Å². The zero-order valence-electron chi connectivity index (χ0n) is 6.13. The van der Waals surface area contributed by atoms with Crippen molar-refractivity contribution >= 4 is 17.2 Å². The molecule has 10 heavy (non-hydrogen) atoms. The minimum atomic E-state index is 0.374. The summed E-state index contributed by atoms with van der Waals surface area (Å²) in [5, 5.41) is 0. The molecule has 2 N–H and O–H groups in total. The second-order valence-electron chi connectivity index (χ2n) is 1.87.